The largest absolute Gasteiger partial charge is 0.485 e. The van der Waals surface area contributed by atoms with Crippen LogP contribution in [0.5, 0.6) is 11.5 Å². The molecule has 8 nitrogen and oxygen atoms in total. The second kappa shape index (κ2) is 5.48. The summed E-state index contributed by atoms with van der Waals surface area (Å²) in [6.45, 7) is 0.0992. The minimum Gasteiger partial charge on any atom is -0.485 e. The summed E-state index contributed by atoms with van der Waals surface area (Å²) in [5.74, 6) is 1.28. The van der Waals surface area contributed by atoms with E-state index in [2.05, 4.69) is 15.5 Å². The summed E-state index contributed by atoms with van der Waals surface area (Å²) in [6, 6.07) is 10.5. The van der Waals surface area contributed by atoms with Crippen LogP contribution in [-0.2, 0) is 4.79 Å². The molecule has 0 saturated heterocycles. The Hall–Kier alpha value is -3.29. The predicted molar refractivity (Wildman–Crippen MR) is 77.0 cm³/mol. The van der Waals surface area contributed by atoms with Gasteiger partial charge in [-0.15, -0.1) is 5.10 Å². The molecular weight excluding hydrogens is 302 g/mol. The third kappa shape index (κ3) is 2.61. The molecule has 0 aliphatic carbocycles. The number of para-hydroxylation sites is 2. The molecule has 1 N–H and O–H groups in total. The van der Waals surface area contributed by atoms with Gasteiger partial charge in [0.1, 0.15) is 6.61 Å². The minimum atomic E-state index is -0.802. The molecule has 1 aliphatic heterocycles. The molecule has 0 radical (unpaired) electrons. The molecule has 1 aliphatic rings. The van der Waals surface area contributed by atoms with Gasteiger partial charge in [0.2, 0.25) is 6.10 Å². The zero-order valence-corrected chi connectivity index (χ0v) is 11.8. The lowest BCUT2D eigenvalue weighted by Crippen LogP contribution is -2.40. The molecule has 0 fully saturated rings. The van der Waals surface area contributed by atoms with Gasteiger partial charge in [0.05, 0.1) is 6.26 Å². The van der Waals surface area contributed by atoms with E-state index in [-0.39, 0.29) is 18.5 Å². The van der Waals surface area contributed by atoms with E-state index in [0.29, 0.717) is 17.3 Å². The number of carbonyl (C=O) groups excluding carboxylic acids is 1. The maximum Gasteiger partial charge on any atom is 0.322 e. The first-order chi connectivity index (χ1) is 11.3. The Morgan fingerprint density at radius 1 is 1.13 bits per heavy atom. The fourth-order valence-corrected chi connectivity index (χ4v) is 2.11. The molecule has 1 amide bonds. The highest BCUT2D eigenvalue weighted by molar-refractivity contribution is 5.93. The Kier molecular flexibility index (Phi) is 3.19. The van der Waals surface area contributed by atoms with Crippen molar-refractivity contribution in [3.8, 4) is 23.1 Å². The van der Waals surface area contributed by atoms with Gasteiger partial charge in [-0.05, 0) is 24.3 Å². The van der Waals surface area contributed by atoms with Crippen molar-refractivity contribution in [1.82, 2.24) is 10.2 Å². The van der Waals surface area contributed by atoms with Gasteiger partial charge in [0, 0.05) is 0 Å². The summed E-state index contributed by atoms with van der Waals surface area (Å²) in [5.41, 5.74) is 0. The number of rotatable bonds is 3. The summed E-state index contributed by atoms with van der Waals surface area (Å²) >= 11 is 0. The monoisotopic (exact) mass is 313 g/mol. The van der Waals surface area contributed by atoms with Crippen molar-refractivity contribution < 1.29 is 23.1 Å². The van der Waals surface area contributed by atoms with E-state index >= 15 is 0 Å². The summed E-state index contributed by atoms with van der Waals surface area (Å²) in [7, 11) is 0. The number of hydrogen-bond acceptors (Lipinski definition) is 7. The number of hydrogen-bond donors (Lipinski definition) is 1. The standard InChI is InChI=1S/C15H11N3O5/c19-13(12-8-21-9-4-1-2-5-10(9)22-12)16-15-18-17-14(23-15)11-6-3-7-20-11/h1-7,12H,8H2,(H,16,18,19)/t12-/m0/s1. The maximum absolute atomic E-state index is 12.2. The van der Waals surface area contributed by atoms with Crippen molar-refractivity contribution in [1.29, 1.82) is 0 Å². The highest BCUT2D eigenvalue weighted by atomic mass is 16.6. The number of fused-ring (bicyclic) bond motifs is 1. The summed E-state index contributed by atoms with van der Waals surface area (Å²) in [4.78, 5) is 12.2. The van der Waals surface area contributed by atoms with Crippen LogP contribution in [0.15, 0.2) is 51.5 Å². The third-order valence-electron chi connectivity index (χ3n) is 3.19. The van der Waals surface area contributed by atoms with Gasteiger partial charge >= 0.3 is 6.01 Å². The van der Waals surface area contributed by atoms with E-state index in [1.165, 1.54) is 6.26 Å². The SMILES string of the molecule is O=C(Nc1nnc(-c2ccco2)o1)[C@@H]1COc2ccccc2O1. The molecule has 3 heterocycles. The van der Waals surface area contributed by atoms with E-state index in [0.717, 1.165) is 0 Å². The first-order valence-electron chi connectivity index (χ1n) is 6.86. The zero-order chi connectivity index (χ0) is 15.6. The number of carbonyl (C=O) groups is 1. The number of amides is 1. The van der Waals surface area contributed by atoms with Crippen molar-refractivity contribution in [2.24, 2.45) is 0 Å². The van der Waals surface area contributed by atoms with Crippen LogP contribution in [0.25, 0.3) is 11.7 Å². The summed E-state index contributed by atoms with van der Waals surface area (Å²) in [6.07, 6.45) is 0.687. The van der Waals surface area contributed by atoms with E-state index in [9.17, 15) is 4.79 Å². The molecule has 0 saturated carbocycles. The highest BCUT2D eigenvalue weighted by Crippen LogP contribution is 2.31. The Bertz CT molecular complexity index is 827. The average molecular weight is 313 g/mol. The Labute approximate surface area is 130 Å². The molecule has 0 bridgehead atoms. The molecule has 1 aromatic carbocycles. The third-order valence-corrected chi connectivity index (χ3v) is 3.19. The Morgan fingerprint density at radius 2 is 2.00 bits per heavy atom. The van der Waals surface area contributed by atoms with Crippen LogP contribution in [0.4, 0.5) is 6.01 Å². The van der Waals surface area contributed by atoms with Gasteiger partial charge in [0.25, 0.3) is 11.8 Å². The molecule has 2 aromatic heterocycles. The zero-order valence-electron chi connectivity index (χ0n) is 11.8. The van der Waals surface area contributed by atoms with E-state index in [4.69, 9.17) is 18.3 Å². The second-order valence-electron chi connectivity index (χ2n) is 4.74. The number of aromatic nitrogens is 2. The normalized spacial score (nSPS) is 16.1. The molecule has 0 spiro atoms. The lowest BCUT2D eigenvalue weighted by Gasteiger charge is -2.24. The summed E-state index contributed by atoms with van der Waals surface area (Å²) < 4.78 is 21.5. The molecule has 23 heavy (non-hydrogen) atoms. The molecule has 8 heteroatoms. The quantitative estimate of drug-likeness (QED) is 0.790. The van der Waals surface area contributed by atoms with Crippen LogP contribution in [0.2, 0.25) is 0 Å². The van der Waals surface area contributed by atoms with Gasteiger partial charge in [-0.25, -0.2) is 0 Å². The van der Waals surface area contributed by atoms with E-state index < -0.39 is 12.0 Å². The number of nitrogens with one attached hydrogen (secondary N) is 1. The minimum absolute atomic E-state index is 0.0381. The number of anilines is 1. The van der Waals surface area contributed by atoms with Crippen molar-refractivity contribution in [2.75, 3.05) is 11.9 Å². The van der Waals surface area contributed by atoms with Crippen molar-refractivity contribution in [3.05, 3.63) is 42.7 Å². The fourth-order valence-electron chi connectivity index (χ4n) is 2.11. The van der Waals surface area contributed by atoms with Crippen LogP contribution in [0.3, 0.4) is 0 Å². The summed E-state index contributed by atoms with van der Waals surface area (Å²) in [5, 5.41) is 10.0. The van der Waals surface area contributed by atoms with Crippen LogP contribution in [-0.4, -0.2) is 28.8 Å². The van der Waals surface area contributed by atoms with Crippen molar-refractivity contribution >= 4 is 11.9 Å². The average Bonchev–Trinajstić information content (AvgIpc) is 3.25. The number of ether oxygens (including phenoxy) is 2. The number of nitrogens with zero attached hydrogens (tertiary/aromatic N) is 2. The topological polar surface area (TPSA) is 99.6 Å². The van der Waals surface area contributed by atoms with Gasteiger partial charge in [0.15, 0.2) is 17.3 Å². The Morgan fingerprint density at radius 3 is 2.83 bits per heavy atom. The number of furan rings is 1. The van der Waals surface area contributed by atoms with Crippen LogP contribution >= 0.6 is 0 Å². The van der Waals surface area contributed by atoms with Crippen LogP contribution in [0, 0.1) is 0 Å². The predicted octanol–water partition coefficient (Wildman–Crippen LogP) is 2.11. The van der Waals surface area contributed by atoms with Gasteiger partial charge in [-0.2, -0.15) is 0 Å². The van der Waals surface area contributed by atoms with Crippen LogP contribution in [0.1, 0.15) is 0 Å². The Balaban J connectivity index is 1.45. The molecule has 4 rings (SSSR count). The first kappa shape index (κ1) is 13.4. The van der Waals surface area contributed by atoms with Gasteiger partial charge in [-0.1, -0.05) is 17.2 Å². The molecule has 0 unspecified atom stereocenters. The van der Waals surface area contributed by atoms with Gasteiger partial charge < -0.3 is 18.3 Å². The molecule has 1 atom stereocenters. The molecular formula is C15H11N3O5. The maximum atomic E-state index is 12.2. The van der Waals surface area contributed by atoms with E-state index in [1.54, 1.807) is 30.3 Å². The van der Waals surface area contributed by atoms with Crippen molar-refractivity contribution in [2.45, 2.75) is 6.10 Å². The van der Waals surface area contributed by atoms with Crippen LogP contribution < -0.4 is 14.8 Å². The van der Waals surface area contributed by atoms with Crippen molar-refractivity contribution in [3.63, 3.8) is 0 Å². The lowest BCUT2D eigenvalue weighted by atomic mass is 10.2. The van der Waals surface area contributed by atoms with Gasteiger partial charge in [-0.3, -0.25) is 10.1 Å². The second-order valence-corrected chi connectivity index (χ2v) is 4.74. The van der Waals surface area contributed by atoms with E-state index in [1.807, 2.05) is 6.07 Å². The molecule has 3 aromatic rings. The number of benzene rings is 1. The lowest BCUT2D eigenvalue weighted by molar-refractivity contribution is -0.125. The fraction of sp³-hybridized carbons (Fsp3) is 0.133. The smallest absolute Gasteiger partial charge is 0.322 e. The highest BCUT2D eigenvalue weighted by Gasteiger charge is 2.28. The first-order valence-corrected chi connectivity index (χ1v) is 6.86. The molecule has 116 valence electrons.